The Bertz CT molecular complexity index is 1320. The van der Waals surface area contributed by atoms with Gasteiger partial charge in [-0.1, -0.05) is 18.9 Å². The second-order valence-electron chi connectivity index (χ2n) is 9.33. The van der Waals surface area contributed by atoms with Crippen LogP contribution in [0.25, 0.3) is 10.9 Å². The quantitative estimate of drug-likeness (QED) is 0.249. The van der Waals surface area contributed by atoms with Crippen molar-refractivity contribution in [2.75, 3.05) is 37.3 Å². The highest BCUT2D eigenvalue weighted by Gasteiger charge is 2.31. The summed E-state index contributed by atoms with van der Waals surface area (Å²) in [5.74, 6) is 5.81. The van der Waals surface area contributed by atoms with Gasteiger partial charge in [-0.05, 0) is 67.8 Å². The van der Waals surface area contributed by atoms with Gasteiger partial charge in [0.15, 0.2) is 0 Å². The van der Waals surface area contributed by atoms with E-state index in [9.17, 15) is 22.4 Å². The zero-order valence-corrected chi connectivity index (χ0v) is 20.8. The van der Waals surface area contributed by atoms with Crippen LogP contribution >= 0.6 is 0 Å². The van der Waals surface area contributed by atoms with E-state index in [-0.39, 0.29) is 12.2 Å². The number of aryl methyl sites for hydroxylation is 1. The Kier molecular flexibility index (Phi) is 8.08. The van der Waals surface area contributed by atoms with Crippen LogP contribution in [0.1, 0.15) is 35.0 Å². The van der Waals surface area contributed by atoms with Gasteiger partial charge in [0.05, 0.1) is 23.8 Å². The fraction of sp³-hybridized carbons (Fsp3) is 0.393. The first-order valence-electron chi connectivity index (χ1n) is 12.3. The molecule has 5 nitrogen and oxygen atoms in total. The van der Waals surface area contributed by atoms with Crippen molar-refractivity contribution in [1.29, 1.82) is 0 Å². The van der Waals surface area contributed by atoms with Gasteiger partial charge >= 0.3 is 6.18 Å². The molecule has 1 aliphatic heterocycles. The van der Waals surface area contributed by atoms with E-state index < -0.39 is 24.9 Å². The van der Waals surface area contributed by atoms with Gasteiger partial charge < -0.3 is 20.1 Å². The molecule has 1 fully saturated rings. The number of halogens is 4. The minimum absolute atomic E-state index is 0.214. The Balaban J connectivity index is 1.61. The first-order chi connectivity index (χ1) is 17.7. The summed E-state index contributed by atoms with van der Waals surface area (Å²) in [5, 5.41) is 6.99. The highest BCUT2D eigenvalue weighted by atomic mass is 19.4. The molecule has 4 rings (SSSR count). The first kappa shape index (κ1) is 26.6. The van der Waals surface area contributed by atoms with Gasteiger partial charge in [-0.15, -0.1) is 0 Å². The number of hydrogen-bond donors (Lipinski definition) is 2. The number of aromatic nitrogens is 1. The molecular formula is C28H30F4N4O. The monoisotopic (exact) mass is 514 g/mol. The molecule has 0 spiro atoms. The Labute approximate surface area is 213 Å². The smallest absolute Gasteiger partial charge is 0.379 e. The minimum atomic E-state index is -4.43. The Morgan fingerprint density at radius 3 is 2.68 bits per heavy atom. The van der Waals surface area contributed by atoms with E-state index in [1.54, 1.807) is 42.5 Å². The number of rotatable bonds is 7. The van der Waals surface area contributed by atoms with Gasteiger partial charge in [0.2, 0.25) is 0 Å². The summed E-state index contributed by atoms with van der Waals surface area (Å²) < 4.78 is 56.2. The Morgan fingerprint density at radius 2 is 1.97 bits per heavy atom. The Morgan fingerprint density at radius 1 is 1.16 bits per heavy atom. The predicted octanol–water partition coefficient (Wildman–Crippen LogP) is 5.50. The van der Waals surface area contributed by atoms with Crippen LogP contribution in [0.3, 0.4) is 0 Å². The van der Waals surface area contributed by atoms with Crippen LogP contribution in [0.2, 0.25) is 0 Å². The van der Waals surface area contributed by atoms with E-state index in [0.717, 1.165) is 28.6 Å². The van der Waals surface area contributed by atoms with Crippen molar-refractivity contribution < 1.29 is 22.4 Å². The van der Waals surface area contributed by atoms with Gasteiger partial charge in [-0.25, -0.2) is 4.39 Å². The minimum Gasteiger partial charge on any atom is -0.379 e. The van der Waals surface area contributed by atoms with E-state index in [1.807, 2.05) is 18.9 Å². The molecule has 1 aromatic heterocycles. The molecule has 1 aliphatic rings. The molecule has 2 unspecified atom stereocenters. The molecule has 2 aromatic carbocycles. The number of nitrogens with one attached hydrogen (secondary N) is 2. The second-order valence-corrected chi connectivity index (χ2v) is 9.33. The molecule has 9 heteroatoms. The summed E-state index contributed by atoms with van der Waals surface area (Å²) in [4.78, 5) is 12.9. The maximum atomic E-state index is 14.6. The predicted molar refractivity (Wildman–Crippen MR) is 139 cm³/mol. The van der Waals surface area contributed by atoms with Crippen molar-refractivity contribution in [3.63, 3.8) is 0 Å². The largest absolute Gasteiger partial charge is 0.406 e. The maximum absolute atomic E-state index is 14.6. The zero-order chi connectivity index (χ0) is 26.6. The molecule has 0 amide bonds. The number of benzene rings is 2. The van der Waals surface area contributed by atoms with Gasteiger partial charge in [-0.3, -0.25) is 4.79 Å². The number of nitrogens with zero attached hydrogens (tertiary/aromatic N) is 2. The van der Waals surface area contributed by atoms with E-state index >= 15 is 0 Å². The van der Waals surface area contributed by atoms with Crippen LogP contribution in [-0.4, -0.2) is 60.8 Å². The van der Waals surface area contributed by atoms with Gasteiger partial charge in [0.1, 0.15) is 19.0 Å². The van der Waals surface area contributed by atoms with E-state index in [0.29, 0.717) is 41.5 Å². The summed E-state index contributed by atoms with van der Waals surface area (Å²) in [6, 6.07) is 11.6. The van der Waals surface area contributed by atoms with Gasteiger partial charge in [-0.2, -0.15) is 13.2 Å². The number of carbonyl (C=O) groups is 1. The zero-order valence-electron chi connectivity index (χ0n) is 20.8. The molecule has 2 heterocycles. The third-order valence-electron chi connectivity index (χ3n) is 6.60. The van der Waals surface area contributed by atoms with Crippen molar-refractivity contribution >= 4 is 28.6 Å². The normalized spacial score (nSPS) is 18.3. The number of fused-ring (bicyclic) bond motifs is 1. The van der Waals surface area contributed by atoms with Crippen LogP contribution in [0.4, 0.5) is 28.9 Å². The summed E-state index contributed by atoms with van der Waals surface area (Å²) >= 11 is 0. The number of carbonyl (C=O) groups excluding carboxylic acids is 1. The topological polar surface area (TPSA) is 49.3 Å². The van der Waals surface area contributed by atoms with E-state index in [1.165, 1.54) is 0 Å². The van der Waals surface area contributed by atoms with Crippen LogP contribution in [-0.2, 0) is 13.0 Å². The van der Waals surface area contributed by atoms with Crippen LogP contribution in [0.15, 0.2) is 42.5 Å². The van der Waals surface area contributed by atoms with Crippen molar-refractivity contribution in [2.24, 2.45) is 0 Å². The summed E-state index contributed by atoms with van der Waals surface area (Å²) in [6.45, 7) is 2.06. The standard InChI is InChI=1S/C28H30F4N4O/c1-3-20-14-19(17-37)9-10-24(20)33-12-5-6-21-15-22-25(34-26-11-13-35(2)16-23(26)29)7-4-8-27(22)36(21)18-28(30,31)32/h4,7-10,14-15,17,23,26,33-34H,3,11-13,16,18H2,1-2H3. The third kappa shape index (κ3) is 6.44. The molecule has 0 aliphatic carbocycles. The third-order valence-corrected chi connectivity index (χ3v) is 6.60. The lowest BCUT2D eigenvalue weighted by molar-refractivity contribution is -0.140. The van der Waals surface area contributed by atoms with Crippen molar-refractivity contribution in [1.82, 2.24) is 9.47 Å². The second kappa shape index (κ2) is 11.3. The molecule has 2 atom stereocenters. The molecule has 0 bridgehead atoms. The van der Waals surface area contributed by atoms with Crippen molar-refractivity contribution in [3.05, 3.63) is 59.3 Å². The maximum Gasteiger partial charge on any atom is 0.406 e. The van der Waals surface area contributed by atoms with Gasteiger partial charge in [0, 0.05) is 35.4 Å². The van der Waals surface area contributed by atoms with Crippen molar-refractivity contribution in [3.8, 4) is 11.8 Å². The lowest BCUT2D eigenvalue weighted by Gasteiger charge is -2.33. The lowest BCUT2D eigenvalue weighted by Crippen LogP contribution is -2.46. The van der Waals surface area contributed by atoms with Gasteiger partial charge in [0.25, 0.3) is 0 Å². The summed E-state index contributed by atoms with van der Waals surface area (Å²) in [5.41, 5.74) is 3.57. The van der Waals surface area contributed by atoms with E-state index in [2.05, 4.69) is 22.5 Å². The molecule has 0 saturated carbocycles. The van der Waals surface area contributed by atoms with E-state index in [4.69, 9.17) is 0 Å². The number of likely N-dealkylation sites (tertiary alicyclic amines) is 1. The van der Waals surface area contributed by atoms with Crippen LogP contribution in [0.5, 0.6) is 0 Å². The summed E-state index contributed by atoms with van der Waals surface area (Å²) in [6.07, 6.45) is -3.41. The fourth-order valence-electron chi connectivity index (χ4n) is 4.71. The molecule has 1 saturated heterocycles. The lowest BCUT2D eigenvalue weighted by atomic mass is 10.0. The molecule has 3 aromatic rings. The number of anilines is 2. The van der Waals surface area contributed by atoms with Crippen LogP contribution in [0, 0.1) is 11.8 Å². The SMILES string of the molecule is CCc1cc(C=O)ccc1NCC#Cc1cc2c(NC3CCN(C)CC3F)cccc2n1CC(F)(F)F. The fourth-order valence-corrected chi connectivity index (χ4v) is 4.71. The number of piperidine rings is 1. The highest BCUT2D eigenvalue weighted by Crippen LogP contribution is 2.31. The van der Waals surface area contributed by atoms with Crippen molar-refractivity contribution in [2.45, 2.75) is 44.7 Å². The highest BCUT2D eigenvalue weighted by molar-refractivity contribution is 5.94. The first-order valence-corrected chi connectivity index (χ1v) is 12.3. The molecule has 0 radical (unpaired) electrons. The van der Waals surface area contributed by atoms with Crippen LogP contribution < -0.4 is 10.6 Å². The Hall–Kier alpha value is -3.51. The number of hydrogen-bond acceptors (Lipinski definition) is 4. The number of aldehydes is 1. The molecule has 2 N–H and O–H groups in total. The molecule has 37 heavy (non-hydrogen) atoms. The molecule has 196 valence electrons. The average Bonchev–Trinajstić information content (AvgIpc) is 3.20. The number of alkyl halides is 4. The molecular weight excluding hydrogens is 484 g/mol. The summed E-state index contributed by atoms with van der Waals surface area (Å²) in [7, 11) is 1.86. The average molecular weight is 515 g/mol.